The first kappa shape index (κ1) is 12.7. The minimum absolute atomic E-state index is 0.0370. The third-order valence-corrected chi connectivity index (χ3v) is 2.99. The molecule has 0 saturated heterocycles. The first-order valence-corrected chi connectivity index (χ1v) is 6.15. The van der Waals surface area contributed by atoms with E-state index in [1.54, 1.807) is 0 Å². The molecule has 0 spiro atoms. The molecule has 1 heterocycles. The van der Waals surface area contributed by atoms with Gasteiger partial charge in [0, 0.05) is 18.0 Å². The van der Waals surface area contributed by atoms with Gasteiger partial charge in [0.1, 0.15) is 13.2 Å². The molecule has 96 valence electrons. The second-order valence-electron chi connectivity index (χ2n) is 4.19. The van der Waals surface area contributed by atoms with E-state index in [0.29, 0.717) is 13.2 Å². The highest BCUT2D eigenvalue weighted by atomic mass is 16.6. The average molecular weight is 246 g/mol. The van der Waals surface area contributed by atoms with E-state index in [2.05, 4.69) is 11.3 Å². The van der Waals surface area contributed by atoms with E-state index >= 15 is 0 Å². The molecule has 0 amide bonds. The summed E-state index contributed by atoms with van der Waals surface area (Å²) in [6.45, 7) is 1.17. The Morgan fingerprint density at radius 2 is 2.22 bits per heavy atom. The van der Waals surface area contributed by atoms with E-state index < -0.39 is 0 Å². The highest BCUT2D eigenvalue weighted by Crippen LogP contribution is 2.37. The Balaban J connectivity index is 2.17. The SMILES string of the molecule is C#CCCCC(NN)c1cccc2c1OCCO2. The fourth-order valence-electron chi connectivity index (χ4n) is 2.11. The lowest BCUT2D eigenvalue weighted by molar-refractivity contribution is 0.168. The molecule has 1 atom stereocenters. The molecular formula is C14H18N2O2. The Morgan fingerprint density at radius 3 is 3.00 bits per heavy atom. The number of unbranched alkanes of at least 4 members (excludes halogenated alkanes) is 1. The maximum atomic E-state index is 5.68. The minimum atomic E-state index is 0.0370. The maximum Gasteiger partial charge on any atom is 0.166 e. The summed E-state index contributed by atoms with van der Waals surface area (Å²) in [5, 5.41) is 0. The van der Waals surface area contributed by atoms with Gasteiger partial charge in [-0.2, -0.15) is 0 Å². The second kappa shape index (κ2) is 6.29. The van der Waals surface area contributed by atoms with Crippen molar-refractivity contribution in [1.29, 1.82) is 0 Å². The fraction of sp³-hybridized carbons (Fsp3) is 0.429. The molecule has 2 rings (SSSR count). The average Bonchev–Trinajstić information content (AvgIpc) is 2.43. The number of terminal acetylenes is 1. The van der Waals surface area contributed by atoms with Crippen LogP contribution in [0.25, 0.3) is 0 Å². The first-order valence-electron chi connectivity index (χ1n) is 6.15. The summed E-state index contributed by atoms with van der Waals surface area (Å²) in [6, 6.07) is 5.91. The highest BCUT2D eigenvalue weighted by molar-refractivity contribution is 5.48. The molecule has 1 aromatic rings. The standard InChI is InChI=1S/C14H18N2O2/c1-2-3-4-7-12(16-15)11-6-5-8-13-14(11)18-10-9-17-13/h1,5-6,8,12,16H,3-4,7,9-10,15H2. The Labute approximate surface area is 107 Å². The number of nitrogens with two attached hydrogens (primary N) is 1. The zero-order valence-corrected chi connectivity index (χ0v) is 10.3. The van der Waals surface area contributed by atoms with Gasteiger partial charge in [-0.05, 0) is 18.9 Å². The van der Waals surface area contributed by atoms with Gasteiger partial charge in [-0.15, -0.1) is 12.3 Å². The number of hydrazine groups is 1. The number of ether oxygens (including phenoxy) is 2. The van der Waals surface area contributed by atoms with E-state index in [1.807, 2.05) is 18.2 Å². The van der Waals surface area contributed by atoms with Crippen molar-refractivity contribution in [3.8, 4) is 23.8 Å². The number of nitrogens with one attached hydrogen (secondary N) is 1. The van der Waals surface area contributed by atoms with Gasteiger partial charge in [0.25, 0.3) is 0 Å². The molecule has 0 bridgehead atoms. The molecule has 4 heteroatoms. The largest absolute Gasteiger partial charge is 0.486 e. The van der Waals surface area contributed by atoms with Gasteiger partial charge >= 0.3 is 0 Å². The Kier molecular flexibility index (Phi) is 4.46. The van der Waals surface area contributed by atoms with Gasteiger partial charge in [0.05, 0.1) is 0 Å². The lowest BCUT2D eigenvalue weighted by atomic mass is 10.00. The fourth-order valence-corrected chi connectivity index (χ4v) is 2.11. The third-order valence-electron chi connectivity index (χ3n) is 2.99. The number of benzene rings is 1. The number of hydrogen-bond donors (Lipinski definition) is 2. The monoisotopic (exact) mass is 246 g/mol. The van der Waals surface area contributed by atoms with E-state index in [9.17, 15) is 0 Å². The topological polar surface area (TPSA) is 56.5 Å². The molecule has 1 aromatic carbocycles. The van der Waals surface area contributed by atoms with Crippen LogP contribution in [0.5, 0.6) is 11.5 Å². The Bertz CT molecular complexity index is 440. The predicted molar refractivity (Wildman–Crippen MR) is 70.2 cm³/mol. The summed E-state index contributed by atoms with van der Waals surface area (Å²) >= 11 is 0. The van der Waals surface area contributed by atoms with E-state index in [1.165, 1.54) is 0 Å². The van der Waals surface area contributed by atoms with Gasteiger partial charge in [-0.1, -0.05) is 12.1 Å². The van der Waals surface area contributed by atoms with Crippen LogP contribution in [0.1, 0.15) is 30.9 Å². The second-order valence-corrected chi connectivity index (χ2v) is 4.19. The van der Waals surface area contributed by atoms with Crippen molar-refractivity contribution in [2.45, 2.75) is 25.3 Å². The minimum Gasteiger partial charge on any atom is -0.486 e. The molecule has 1 unspecified atom stereocenters. The summed E-state index contributed by atoms with van der Waals surface area (Å²) in [5.41, 5.74) is 3.86. The molecular weight excluding hydrogens is 228 g/mol. The van der Waals surface area contributed by atoms with Crippen molar-refractivity contribution in [2.24, 2.45) is 5.84 Å². The summed E-state index contributed by atoms with van der Waals surface area (Å²) in [4.78, 5) is 0. The van der Waals surface area contributed by atoms with Crippen LogP contribution in [0.15, 0.2) is 18.2 Å². The van der Waals surface area contributed by atoms with Crippen molar-refractivity contribution in [3.63, 3.8) is 0 Å². The Hall–Kier alpha value is -1.70. The molecule has 1 aliphatic rings. The number of para-hydroxylation sites is 1. The molecule has 0 fully saturated rings. The number of rotatable bonds is 5. The van der Waals surface area contributed by atoms with Crippen LogP contribution in [0.4, 0.5) is 0 Å². The molecule has 0 radical (unpaired) electrons. The molecule has 0 saturated carbocycles. The van der Waals surface area contributed by atoms with Crippen LogP contribution in [-0.4, -0.2) is 13.2 Å². The number of fused-ring (bicyclic) bond motifs is 1. The van der Waals surface area contributed by atoms with Gasteiger partial charge in [0.15, 0.2) is 11.5 Å². The predicted octanol–water partition coefficient (Wildman–Crippen LogP) is 1.77. The van der Waals surface area contributed by atoms with Crippen molar-refractivity contribution < 1.29 is 9.47 Å². The summed E-state index contributed by atoms with van der Waals surface area (Å²) in [6.07, 6.45) is 7.82. The Morgan fingerprint density at radius 1 is 1.39 bits per heavy atom. The first-order chi connectivity index (χ1) is 8.86. The van der Waals surface area contributed by atoms with Gasteiger partial charge < -0.3 is 9.47 Å². The van der Waals surface area contributed by atoms with Gasteiger partial charge in [-0.3, -0.25) is 11.3 Å². The normalized spacial score (nSPS) is 14.9. The highest BCUT2D eigenvalue weighted by Gasteiger charge is 2.20. The van der Waals surface area contributed by atoms with E-state index in [4.69, 9.17) is 21.7 Å². The van der Waals surface area contributed by atoms with Crippen molar-refractivity contribution in [2.75, 3.05) is 13.2 Å². The van der Waals surface area contributed by atoms with Crippen LogP contribution in [-0.2, 0) is 0 Å². The van der Waals surface area contributed by atoms with E-state index in [-0.39, 0.29) is 6.04 Å². The summed E-state index contributed by atoms with van der Waals surface area (Å²) < 4.78 is 11.2. The van der Waals surface area contributed by atoms with Crippen LogP contribution in [0.3, 0.4) is 0 Å². The molecule has 1 aliphatic heterocycles. The van der Waals surface area contributed by atoms with Crippen LogP contribution in [0, 0.1) is 12.3 Å². The lowest BCUT2D eigenvalue weighted by Gasteiger charge is -2.24. The molecule has 0 aliphatic carbocycles. The molecule has 3 N–H and O–H groups in total. The summed E-state index contributed by atoms with van der Waals surface area (Å²) in [7, 11) is 0. The quantitative estimate of drug-likeness (QED) is 0.360. The summed E-state index contributed by atoms with van der Waals surface area (Å²) in [5.74, 6) is 9.84. The number of hydrogen-bond acceptors (Lipinski definition) is 4. The van der Waals surface area contributed by atoms with Gasteiger partial charge in [-0.25, -0.2) is 0 Å². The van der Waals surface area contributed by atoms with Crippen LogP contribution < -0.4 is 20.7 Å². The smallest absolute Gasteiger partial charge is 0.166 e. The van der Waals surface area contributed by atoms with Gasteiger partial charge in [0.2, 0.25) is 0 Å². The van der Waals surface area contributed by atoms with Crippen molar-refractivity contribution in [1.82, 2.24) is 5.43 Å². The van der Waals surface area contributed by atoms with Crippen LogP contribution in [0.2, 0.25) is 0 Å². The van der Waals surface area contributed by atoms with Crippen molar-refractivity contribution >= 4 is 0 Å². The van der Waals surface area contributed by atoms with Crippen molar-refractivity contribution in [3.05, 3.63) is 23.8 Å². The maximum absolute atomic E-state index is 5.68. The zero-order valence-electron chi connectivity index (χ0n) is 10.3. The lowest BCUT2D eigenvalue weighted by Crippen LogP contribution is -2.29. The third kappa shape index (κ3) is 2.76. The van der Waals surface area contributed by atoms with E-state index in [0.717, 1.165) is 36.3 Å². The molecule has 18 heavy (non-hydrogen) atoms. The molecule has 4 nitrogen and oxygen atoms in total. The van der Waals surface area contributed by atoms with Crippen LogP contribution >= 0.6 is 0 Å². The zero-order chi connectivity index (χ0) is 12.8. The molecule has 0 aromatic heterocycles.